The van der Waals surface area contributed by atoms with Gasteiger partial charge in [0, 0.05) is 115 Å². The maximum atomic E-state index is 13.8. The Morgan fingerprint density at radius 2 is 1.65 bits per heavy atom. The lowest BCUT2D eigenvalue weighted by molar-refractivity contribution is 0.398. The molecule has 1 aliphatic heterocycles. The Morgan fingerprint density at radius 3 is 2.35 bits per heavy atom. The summed E-state index contributed by atoms with van der Waals surface area (Å²) in [5, 5.41) is 13.3. The first-order valence-corrected chi connectivity index (χ1v) is 21.4. The summed E-state index contributed by atoms with van der Waals surface area (Å²) in [6.07, 6.45) is 9.82. The number of aryl methyl sites for hydroxylation is 1. The Bertz CT molecular complexity index is 2400. The average molecular weight is 809 g/mol. The number of aromatic nitrogens is 5. The van der Waals surface area contributed by atoms with Gasteiger partial charge in [-0.2, -0.15) is 5.10 Å². The van der Waals surface area contributed by atoms with E-state index in [1.807, 2.05) is 67.8 Å². The Morgan fingerprint density at radius 1 is 0.852 bits per heavy atom. The molecule has 0 amide bonds. The number of benzene rings is 2. The normalized spacial score (nSPS) is 14.7. The highest BCUT2D eigenvalue weighted by Gasteiger charge is 2.27. The molecule has 4 aromatic heterocycles. The number of methoxy groups -OCH3 is 2. The third kappa shape index (κ3) is 7.35. The number of ether oxygens (including phenoxy) is 2. The number of nitrogens with zero attached hydrogens (tertiary/aromatic N) is 7. The monoisotopic (exact) mass is 807 g/mol. The molecule has 54 heavy (non-hydrogen) atoms. The number of hydrogen-bond donors (Lipinski definition) is 2. The first kappa shape index (κ1) is 35.9. The molecule has 0 radical (unpaired) electrons. The summed E-state index contributed by atoms with van der Waals surface area (Å²) in [5.74, 6) is 2.44. The quantitative estimate of drug-likeness (QED) is 0.123. The van der Waals surface area contributed by atoms with Gasteiger partial charge in [-0.1, -0.05) is 6.07 Å². The van der Waals surface area contributed by atoms with E-state index in [4.69, 9.17) is 19.4 Å². The van der Waals surface area contributed by atoms with E-state index in [1.54, 1.807) is 26.6 Å². The van der Waals surface area contributed by atoms with Crippen molar-refractivity contribution in [1.82, 2.24) is 24.7 Å². The van der Waals surface area contributed by atoms with Crippen LogP contribution in [0.15, 0.2) is 83.9 Å². The molecule has 1 saturated carbocycles. The standard InChI is InChI=1S/C40H43BrN9O3P/c1-48-24-26(22-44-48)29-19-35(37(52-2)21-36(29)50-16-14-49(15-17-50)27-12-13-42-39(18-27)53-3)47-38-20-34(30(41)23-43-38)46-33-11-10-32-28(40(33)54(4,5)51)8-9-31(45-32)25-6-7-25/h8-13,18-25H,6-7,14-17H2,1-5H3,(H2,43,46,47). The number of piperazine rings is 1. The second-order valence-corrected chi connectivity index (χ2v) is 18.2. The van der Waals surface area contributed by atoms with E-state index >= 15 is 0 Å². The zero-order chi connectivity index (χ0) is 37.6. The van der Waals surface area contributed by atoms with Crippen molar-refractivity contribution in [2.75, 3.05) is 74.2 Å². The van der Waals surface area contributed by atoms with Gasteiger partial charge in [0.05, 0.1) is 47.5 Å². The predicted octanol–water partition coefficient (Wildman–Crippen LogP) is 8.14. The third-order valence-corrected chi connectivity index (χ3v) is 12.2. The fraction of sp³-hybridized carbons (Fsp3) is 0.300. The highest BCUT2D eigenvalue weighted by Crippen LogP contribution is 2.45. The van der Waals surface area contributed by atoms with Crippen LogP contribution in [0.2, 0.25) is 0 Å². The molecule has 12 nitrogen and oxygen atoms in total. The van der Waals surface area contributed by atoms with Gasteiger partial charge in [-0.3, -0.25) is 9.67 Å². The highest BCUT2D eigenvalue weighted by atomic mass is 79.9. The van der Waals surface area contributed by atoms with Crippen LogP contribution >= 0.6 is 23.1 Å². The smallest absolute Gasteiger partial charge is 0.214 e. The fourth-order valence-electron chi connectivity index (χ4n) is 7.18. The van der Waals surface area contributed by atoms with Crippen LogP contribution < -0.4 is 35.2 Å². The number of rotatable bonds is 11. The number of nitrogens with one attached hydrogen (secondary N) is 2. The van der Waals surface area contributed by atoms with E-state index in [-0.39, 0.29) is 0 Å². The molecule has 278 valence electrons. The van der Waals surface area contributed by atoms with Crippen molar-refractivity contribution in [3.8, 4) is 22.8 Å². The van der Waals surface area contributed by atoms with Crippen molar-refractivity contribution < 1.29 is 14.0 Å². The van der Waals surface area contributed by atoms with Crippen LogP contribution in [0.25, 0.3) is 22.0 Å². The summed E-state index contributed by atoms with van der Waals surface area (Å²) in [4.78, 5) is 18.7. The van der Waals surface area contributed by atoms with E-state index in [0.717, 1.165) is 92.1 Å². The predicted molar refractivity (Wildman–Crippen MR) is 222 cm³/mol. The SMILES string of the molecule is COc1cc(N2CCN(c3cc(OC)c(Nc4cc(Nc5ccc6nc(C7CC7)ccc6c5P(C)(C)=O)c(Br)cn4)cc3-c3cnn(C)c3)CC2)ccn1. The van der Waals surface area contributed by atoms with E-state index in [0.29, 0.717) is 23.4 Å². The Labute approximate surface area is 323 Å². The molecule has 1 aliphatic carbocycles. The molecule has 0 bridgehead atoms. The molecular weight excluding hydrogens is 765 g/mol. The van der Waals surface area contributed by atoms with Gasteiger partial charge in [-0.05, 0) is 72.4 Å². The largest absolute Gasteiger partial charge is 0.494 e. The van der Waals surface area contributed by atoms with E-state index < -0.39 is 7.14 Å². The number of pyridine rings is 3. The molecule has 0 spiro atoms. The molecule has 1 saturated heterocycles. The molecule has 0 unspecified atom stereocenters. The third-order valence-electron chi connectivity index (χ3n) is 10.0. The van der Waals surface area contributed by atoms with Gasteiger partial charge in [0.1, 0.15) is 18.7 Å². The van der Waals surface area contributed by atoms with Crippen LogP contribution in [0, 0.1) is 0 Å². The molecule has 2 aromatic carbocycles. The van der Waals surface area contributed by atoms with E-state index in [9.17, 15) is 4.57 Å². The lowest BCUT2D eigenvalue weighted by Crippen LogP contribution is -2.46. The van der Waals surface area contributed by atoms with Crippen molar-refractivity contribution >= 4 is 73.5 Å². The van der Waals surface area contributed by atoms with Gasteiger partial charge in [0.25, 0.3) is 0 Å². The van der Waals surface area contributed by atoms with Crippen molar-refractivity contribution in [3.63, 3.8) is 0 Å². The van der Waals surface area contributed by atoms with Gasteiger partial charge in [0.15, 0.2) is 0 Å². The Balaban J connectivity index is 1.09. The lowest BCUT2D eigenvalue weighted by Gasteiger charge is -2.38. The fourth-order valence-corrected chi connectivity index (χ4v) is 8.98. The minimum atomic E-state index is -2.71. The van der Waals surface area contributed by atoms with Crippen molar-refractivity contribution in [2.45, 2.75) is 18.8 Å². The zero-order valence-corrected chi connectivity index (χ0v) is 33.5. The molecule has 2 N–H and O–H groups in total. The van der Waals surface area contributed by atoms with Crippen LogP contribution in [-0.4, -0.2) is 78.5 Å². The zero-order valence-electron chi connectivity index (χ0n) is 31.0. The van der Waals surface area contributed by atoms with Gasteiger partial charge < -0.3 is 34.5 Å². The first-order valence-electron chi connectivity index (χ1n) is 18.0. The summed E-state index contributed by atoms with van der Waals surface area (Å²) in [6.45, 7) is 6.92. The summed E-state index contributed by atoms with van der Waals surface area (Å²) in [5.41, 5.74) is 8.49. The molecule has 2 fully saturated rings. The van der Waals surface area contributed by atoms with Crippen molar-refractivity contribution in [1.29, 1.82) is 0 Å². The maximum Gasteiger partial charge on any atom is 0.214 e. The number of hydrogen-bond acceptors (Lipinski definition) is 11. The summed E-state index contributed by atoms with van der Waals surface area (Å²) >= 11 is 3.70. The average Bonchev–Trinajstić information content (AvgIpc) is 3.94. The van der Waals surface area contributed by atoms with Gasteiger partial charge >= 0.3 is 0 Å². The molecule has 14 heteroatoms. The van der Waals surface area contributed by atoms with Crippen LogP contribution in [-0.2, 0) is 11.6 Å². The molecule has 8 rings (SSSR count). The molecular formula is C40H43BrN9O3P. The number of anilines is 6. The molecule has 0 atom stereocenters. The molecule has 5 heterocycles. The lowest BCUT2D eigenvalue weighted by atomic mass is 10.0. The summed E-state index contributed by atoms with van der Waals surface area (Å²) < 4.78 is 27.7. The number of halogens is 1. The van der Waals surface area contributed by atoms with Crippen LogP contribution in [0.5, 0.6) is 11.6 Å². The van der Waals surface area contributed by atoms with Gasteiger partial charge in [-0.25, -0.2) is 9.97 Å². The highest BCUT2D eigenvalue weighted by molar-refractivity contribution is 9.10. The van der Waals surface area contributed by atoms with Gasteiger partial charge in [-0.15, -0.1) is 0 Å². The minimum absolute atomic E-state index is 0.541. The van der Waals surface area contributed by atoms with E-state index in [1.165, 1.54) is 12.8 Å². The second kappa shape index (κ2) is 14.6. The molecule has 6 aromatic rings. The topological polar surface area (TPSA) is 123 Å². The number of fused-ring (bicyclic) bond motifs is 1. The van der Waals surface area contributed by atoms with Crippen LogP contribution in [0.3, 0.4) is 0 Å². The second-order valence-electron chi connectivity index (χ2n) is 14.2. The maximum absolute atomic E-state index is 13.8. The van der Waals surface area contributed by atoms with E-state index in [2.05, 4.69) is 70.7 Å². The first-order chi connectivity index (χ1) is 26.1. The Kier molecular flexibility index (Phi) is 9.70. The van der Waals surface area contributed by atoms with Gasteiger partial charge in [0.2, 0.25) is 5.88 Å². The van der Waals surface area contributed by atoms with Crippen LogP contribution in [0.4, 0.5) is 34.3 Å². The summed E-state index contributed by atoms with van der Waals surface area (Å²) in [6, 6.07) is 18.3. The van der Waals surface area contributed by atoms with Crippen molar-refractivity contribution in [3.05, 3.63) is 89.6 Å². The Hall–Kier alpha value is -5.13. The van der Waals surface area contributed by atoms with Crippen molar-refractivity contribution in [2.24, 2.45) is 7.05 Å². The molecule has 2 aliphatic rings. The summed E-state index contributed by atoms with van der Waals surface area (Å²) in [7, 11) is 2.53. The minimum Gasteiger partial charge on any atom is -0.494 e. The van der Waals surface area contributed by atoms with Crippen LogP contribution in [0.1, 0.15) is 24.5 Å².